The first-order valence-electron chi connectivity index (χ1n) is 9.04. The fourth-order valence-electron chi connectivity index (χ4n) is 3.92. The highest BCUT2D eigenvalue weighted by molar-refractivity contribution is 5.98. The Bertz CT molecular complexity index is 832. The lowest BCUT2D eigenvalue weighted by molar-refractivity contribution is -0.123. The summed E-state index contributed by atoms with van der Waals surface area (Å²) in [6.07, 6.45) is 1.65. The van der Waals surface area contributed by atoms with Crippen molar-refractivity contribution in [3.63, 3.8) is 0 Å². The Morgan fingerprint density at radius 3 is 2.58 bits per heavy atom. The fourth-order valence-corrected chi connectivity index (χ4v) is 3.92. The zero-order valence-electron chi connectivity index (χ0n) is 14.9. The third kappa shape index (κ3) is 3.03. The highest BCUT2D eigenvalue weighted by Gasteiger charge is 2.37. The quantitative estimate of drug-likeness (QED) is 0.861. The summed E-state index contributed by atoms with van der Waals surface area (Å²) in [5.41, 5.74) is 6.90. The molecular weight excluding hydrogens is 332 g/mol. The van der Waals surface area contributed by atoms with Crippen LogP contribution in [0.2, 0.25) is 0 Å². The number of amides is 2. The highest BCUT2D eigenvalue weighted by Crippen LogP contribution is 2.26. The van der Waals surface area contributed by atoms with Crippen LogP contribution in [-0.2, 0) is 4.79 Å². The van der Waals surface area contributed by atoms with E-state index in [1.165, 1.54) is 0 Å². The van der Waals surface area contributed by atoms with Crippen molar-refractivity contribution in [2.24, 2.45) is 11.7 Å². The van der Waals surface area contributed by atoms with Crippen LogP contribution in [-0.4, -0.2) is 65.9 Å². The van der Waals surface area contributed by atoms with Gasteiger partial charge in [0.25, 0.3) is 5.91 Å². The van der Waals surface area contributed by atoms with Gasteiger partial charge in [0.2, 0.25) is 5.91 Å². The Hall–Kier alpha value is -2.54. The van der Waals surface area contributed by atoms with Crippen molar-refractivity contribution in [1.82, 2.24) is 14.8 Å². The van der Waals surface area contributed by atoms with E-state index in [0.29, 0.717) is 11.7 Å². The number of methoxy groups -OCH3 is 1. The first kappa shape index (κ1) is 16.9. The summed E-state index contributed by atoms with van der Waals surface area (Å²) in [6.45, 7) is 3.23. The maximum absolute atomic E-state index is 12.7. The number of primary amides is 1. The number of nitrogens with zero attached hydrogens (tertiary/aromatic N) is 2. The average molecular weight is 356 g/mol. The van der Waals surface area contributed by atoms with E-state index >= 15 is 0 Å². The van der Waals surface area contributed by atoms with Gasteiger partial charge in [-0.1, -0.05) is 0 Å². The van der Waals surface area contributed by atoms with Gasteiger partial charge in [0.15, 0.2) is 0 Å². The molecule has 2 aliphatic heterocycles. The molecule has 26 heavy (non-hydrogen) atoms. The monoisotopic (exact) mass is 356 g/mol. The van der Waals surface area contributed by atoms with Crippen molar-refractivity contribution in [3.05, 3.63) is 30.0 Å². The molecule has 4 rings (SSSR count). The van der Waals surface area contributed by atoms with Gasteiger partial charge in [-0.05, 0) is 44.1 Å². The van der Waals surface area contributed by atoms with Crippen LogP contribution in [0, 0.1) is 5.92 Å². The molecule has 0 radical (unpaired) electrons. The number of nitrogens with one attached hydrogen (secondary N) is 1. The van der Waals surface area contributed by atoms with Gasteiger partial charge in [-0.2, -0.15) is 0 Å². The van der Waals surface area contributed by atoms with Crippen molar-refractivity contribution >= 4 is 22.7 Å². The van der Waals surface area contributed by atoms with E-state index in [2.05, 4.69) is 9.88 Å². The number of hydrogen-bond acceptors (Lipinski definition) is 4. The molecule has 3 heterocycles. The predicted molar refractivity (Wildman–Crippen MR) is 98.0 cm³/mol. The number of carbonyl (C=O) groups excluding carboxylic acids is 2. The molecule has 7 heteroatoms. The number of likely N-dealkylation sites (tertiary alicyclic amines) is 2. The smallest absolute Gasteiger partial charge is 0.270 e. The van der Waals surface area contributed by atoms with Crippen LogP contribution in [0.5, 0.6) is 5.75 Å². The van der Waals surface area contributed by atoms with E-state index in [1.807, 2.05) is 29.2 Å². The minimum absolute atomic E-state index is 0.00685. The molecule has 138 valence electrons. The Morgan fingerprint density at radius 1 is 1.19 bits per heavy atom. The first-order chi connectivity index (χ1) is 12.5. The third-order valence-electron chi connectivity index (χ3n) is 5.66. The number of aromatic amines is 1. The summed E-state index contributed by atoms with van der Waals surface area (Å²) in [6, 6.07) is 8.01. The van der Waals surface area contributed by atoms with E-state index in [0.717, 1.165) is 55.7 Å². The average Bonchev–Trinajstić information content (AvgIpc) is 3.04. The second kappa shape index (κ2) is 6.64. The van der Waals surface area contributed by atoms with Gasteiger partial charge in [0, 0.05) is 42.0 Å². The molecule has 0 aliphatic carbocycles. The van der Waals surface area contributed by atoms with Crippen molar-refractivity contribution in [3.8, 4) is 5.75 Å². The lowest BCUT2D eigenvalue weighted by Gasteiger charge is -2.47. The van der Waals surface area contributed by atoms with Crippen molar-refractivity contribution in [2.75, 3.05) is 33.3 Å². The van der Waals surface area contributed by atoms with Gasteiger partial charge in [-0.15, -0.1) is 0 Å². The van der Waals surface area contributed by atoms with Crippen LogP contribution in [0.4, 0.5) is 0 Å². The molecule has 0 unspecified atom stereocenters. The van der Waals surface area contributed by atoms with Gasteiger partial charge in [-0.3, -0.25) is 14.5 Å². The number of ether oxygens (including phenoxy) is 1. The molecule has 0 spiro atoms. The Balaban J connectivity index is 1.35. The van der Waals surface area contributed by atoms with Crippen LogP contribution in [0.1, 0.15) is 23.3 Å². The van der Waals surface area contributed by atoms with E-state index in [-0.39, 0.29) is 17.7 Å². The molecule has 0 atom stereocenters. The zero-order chi connectivity index (χ0) is 18.3. The molecule has 0 bridgehead atoms. The number of H-pyrrole nitrogens is 1. The maximum Gasteiger partial charge on any atom is 0.270 e. The van der Waals surface area contributed by atoms with Crippen LogP contribution in [0.3, 0.4) is 0 Å². The normalized spacial score (nSPS) is 19.5. The molecule has 3 N–H and O–H groups in total. The molecule has 2 fully saturated rings. The molecular formula is C19H24N4O3. The maximum atomic E-state index is 12.7. The fraction of sp³-hybridized carbons (Fsp3) is 0.474. The first-order valence-corrected chi connectivity index (χ1v) is 9.04. The summed E-state index contributed by atoms with van der Waals surface area (Å²) in [4.78, 5) is 31.4. The summed E-state index contributed by atoms with van der Waals surface area (Å²) < 4.78 is 5.23. The Kier molecular flexibility index (Phi) is 4.32. The summed E-state index contributed by atoms with van der Waals surface area (Å²) in [5, 5.41) is 1.000. The van der Waals surface area contributed by atoms with Crippen LogP contribution >= 0.6 is 0 Å². The number of benzene rings is 1. The third-order valence-corrected chi connectivity index (χ3v) is 5.66. The van der Waals surface area contributed by atoms with E-state index in [9.17, 15) is 9.59 Å². The second-order valence-corrected chi connectivity index (χ2v) is 7.21. The van der Waals surface area contributed by atoms with Crippen molar-refractivity contribution < 1.29 is 14.3 Å². The van der Waals surface area contributed by atoms with E-state index in [1.54, 1.807) is 7.11 Å². The van der Waals surface area contributed by atoms with Crippen LogP contribution < -0.4 is 10.5 Å². The predicted octanol–water partition coefficient (Wildman–Crippen LogP) is 1.20. The van der Waals surface area contributed by atoms with E-state index < -0.39 is 0 Å². The standard InChI is InChI=1S/C19H24N4O3/c1-26-15-3-2-13-8-17(21-16(13)9-15)19(25)23-10-14(11-23)22-6-4-12(5-7-22)18(20)24/h2-3,8-9,12,14,21H,4-7,10-11H2,1H3,(H2,20,24). The Morgan fingerprint density at radius 2 is 1.92 bits per heavy atom. The number of rotatable bonds is 4. The number of carbonyl (C=O) groups is 2. The van der Waals surface area contributed by atoms with Crippen molar-refractivity contribution in [2.45, 2.75) is 18.9 Å². The topological polar surface area (TPSA) is 91.7 Å². The Labute approximate surface area is 152 Å². The second-order valence-electron chi connectivity index (χ2n) is 7.21. The highest BCUT2D eigenvalue weighted by atomic mass is 16.5. The van der Waals surface area contributed by atoms with Gasteiger partial charge in [0.1, 0.15) is 11.4 Å². The molecule has 2 amide bonds. The summed E-state index contributed by atoms with van der Waals surface area (Å²) in [5.74, 6) is 0.614. The molecule has 7 nitrogen and oxygen atoms in total. The van der Waals surface area contributed by atoms with Crippen molar-refractivity contribution in [1.29, 1.82) is 0 Å². The largest absolute Gasteiger partial charge is 0.497 e. The molecule has 1 aromatic heterocycles. The molecule has 1 aromatic carbocycles. The lowest BCUT2D eigenvalue weighted by Crippen LogP contribution is -2.62. The van der Waals surface area contributed by atoms with Gasteiger partial charge in [0.05, 0.1) is 7.11 Å². The van der Waals surface area contributed by atoms with Gasteiger partial charge < -0.3 is 20.4 Å². The summed E-state index contributed by atoms with van der Waals surface area (Å²) >= 11 is 0. The number of piperidine rings is 1. The molecule has 2 aromatic rings. The van der Waals surface area contributed by atoms with Gasteiger partial charge in [-0.25, -0.2) is 0 Å². The molecule has 2 aliphatic rings. The van der Waals surface area contributed by atoms with E-state index in [4.69, 9.17) is 10.5 Å². The summed E-state index contributed by atoms with van der Waals surface area (Å²) in [7, 11) is 1.63. The minimum atomic E-state index is -0.189. The molecule has 0 saturated carbocycles. The zero-order valence-corrected chi connectivity index (χ0v) is 14.9. The number of hydrogen-bond donors (Lipinski definition) is 2. The lowest BCUT2D eigenvalue weighted by atomic mass is 9.93. The molecule has 2 saturated heterocycles. The SMILES string of the molecule is COc1ccc2cc(C(=O)N3CC(N4CCC(C(N)=O)CC4)C3)[nH]c2c1. The van der Waals surface area contributed by atoms with Crippen LogP contribution in [0.25, 0.3) is 10.9 Å². The number of fused-ring (bicyclic) bond motifs is 1. The number of aromatic nitrogens is 1. The number of nitrogens with two attached hydrogens (primary N) is 1. The van der Waals surface area contributed by atoms with Crippen LogP contribution in [0.15, 0.2) is 24.3 Å². The minimum Gasteiger partial charge on any atom is -0.497 e. The van der Waals surface area contributed by atoms with Gasteiger partial charge >= 0.3 is 0 Å².